The van der Waals surface area contributed by atoms with E-state index in [9.17, 15) is 14.0 Å². The van der Waals surface area contributed by atoms with Crippen molar-refractivity contribution in [2.75, 3.05) is 38.2 Å². The first-order valence-electron chi connectivity index (χ1n) is 11.1. The molecule has 7 nitrogen and oxygen atoms in total. The van der Waals surface area contributed by atoms with Crippen molar-refractivity contribution in [1.82, 2.24) is 14.7 Å². The van der Waals surface area contributed by atoms with Gasteiger partial charge in [-0.15, -0.1) is 0 Å². The maximum atomic E-state index is 13.4. The van der Waals surface area contributed by atoms with Crippen LogP contribution >= 0.6 is 11.6 Å². The van der Waals surface area contributed by atoms with Gasteiger partial charge in [0.15, 0.2) is 0 Å². The summed E-state index contributed by atoms with van der Waals surface area (Å²) in [5.74, 6) is 0.358. The Morgan fingerprint density at radius 3 is 2.47 bits per heavy atom. The van der Waals surface area contributed by atoms with Gasteiger partial charge in [0.1, 0.15) is 11.6 Å². The van der Waals surface area contributed by atoms with Crippen LogP contribution in [-0.2, 0) is 11.3 Å². The molecule has 0 unspecified atom stereocenters. The number of methoxy groups -OCH3 is 1. The number of amides is 1. The van der Waals surface area contributed by atoms with Gasteiger partial charge in [0.2, 0.25) is 5.91 Å². The number of carbonyl (C=O) groups excluding carboxylic acids is 1. The summed E-state index contributed by atoms with van der Waals surface area (Å²) in [6.07, 6.45) is 0.856. The molecule has 0 spiro atoms. The Morgan fingerprint density at radius 2 is 1.79 bits per heavy atom. The normalized spacial score (nSPS) is 13.7. The topological polar surface area (TPSA) is 67.7 Å². The molecule has 0 N–H and O–H groups in total. The zero-order valence-corrected chi connectivity index (χ0v) is 19.7. The zero-order valence-electron chi connectivity index (χ0n) is 18.9. The van der Waals surface area contributed by atoms with E-state index in [0.717, 1.165) is 17.0 Å². The van der Waals surface area contributed by atoms with Gasteiger partial charge in [0.25, 0.3) is 5.56 Å². The van der Waals surface area contributed by atoms with Crippen LogP contribution in [0, 0.1) is 5.82 Å². The van der Waals surface area contributed by atoms with Crippen molar-refractivity contribution in [2.45, 2.75) is 19.4 Å². The number of carbonyl (C=O) groups is 1. The van der Waals surface area contributed by atoms with Crippen molar-refractivity contribution in [3.63, 3.8) is 0 Å². The molecule has 1 aromatic heterocycles. The van der Waals surface area contributed by atoms with Crippen LogP contribution in [0.1, 0.15) is 12.8 Å². The molecule has 0 atom stereocenters. The lowest BCUT2D eigenvalue weighted by Crippen LogP contribution is -2.48. The van der Waals surface area contributed by atoms with E-state index in [1.807, 2.05) is 29.2 Å². The lowest BCUT2D eigenvalue weighted by atomic mass is 10.1. The van der Waals surface area contributed by atoms with Crippen LogP contribution in [0.4, 0.5) is 10.1 Å². The number of halogens is 2. The maximum absolute atomic E-state index is 13.4. The van der Waals surface area contributed by atoms with E-state index in [1.165, 1.54) is 16.8 Å². The number of benzene rings is 2. The summed E-state index contributed by atoms with van der Waals surface area (Å²) < 4.78 is 20.0. The van der Waals surface area contributed by atoms with Crippen LogP contribution in [-0.4, -0.2) is 53.9 Å². The van der Waals surface area contributed by atoms with Crippen LogP contribution in [0.15, 0.2) is 59.4 Å². The van der Waals surface area contributed by atoms with Crippen molar-refractivity contribution in [3.8, 4) is 17.0 Å². The van der Waals surface area contributed by atoms with Crippen molar-refractivity contribution in [2.24, 2.45) is 0 Å². The van der Waals surface area contributed by atoms with E-state index < -0.39 is 5.82 Å². The van der Waals surface area contributed by atoms with Crippen molar-refractivity contribution in [3.05, 3.63) is 75.8 Å². The van der Waals surface area contributed by atoms with Gasteiger partial charge in [-0.3, -0.25) is 9.59 Å². The number of hydrogen-bond donors (Lipinski definition) is 0. The average molecular weight is 485 g/mol. The van der Waals surface area contributed by atoms with Gasteiger partial charge in [-0.05, 0) is 55.0 Å². The third kappa shape index (κ3) is 5.56. The summed E-state index contributed by atoms with van der Waals surface area (Å²) in [5.41, 5.74) is 2.22. The lowest BCUT2D eigenvalue weighted by molar-refractivity contribution is -0.131. The van der Waals surface area contributed by atoms with Crippen molar-refractivity contribution >= 4 is 23.2 Å². The minimum Gasteiger partial charge on any atom is -0.497 e. The second-order valence-electron chi connectivity index (χ2n) is 8.08. The number of ether oxygens (including phenoxy) is 1. The number of rotatable bonds is 7. The van der Waals surface area contributed by atoms with Gasteiger partial charge >= 0.3 is 0 Å². The van der Waals surface area contributed by atoms with E-state index in [2.05, 4.69) is 10.00 Å². The highest BCUT2D eigenvalue weighted by molar-refractivity contribution is 6.31. The molecule has 0 aliphatic carbocycles. The second-order valence-corrected chi connectivity index (χ2v) is 8.49. The van der Waals surface area contributed by atoms with Gasteiger partial charge in [-0.25, -0.2) is 9.07 Å². The van der Waals surface area contributed by atoms with Gasteiger partial charge in [0, 0.05) is 56.5 Å². The van der Waals surface area contributed by atoms with Crippen LogP contribution < -0.4 is 15.2 Å². The van der Waals surface area contributed by atoms with Gasteiger partial charge in [0.05, 0.1) is 17.8 Å². The third-order valence-corrected chi connectivity index (χ3v) is 6.20. The Hall–Kier alpha value is -3.39. The fourth-order valence-electron chi connectivity index (χ4n) is 3.96. The molecule has 178 valence electrons. The van der Waals surface area contributed by atoms with Crippen LogP contribution in [0.2, 0.25) is 5.02 Å². The SMILES string of the molecule is COc1ccc(-c2ccc(=O)n(CCCC(=O)N3CCN(c4ccc(F)c(Cl)c4)CC3)n2)cc1. The monoisotopic (exact) mass is 484 g/mol. The Balaban J connectivity index is 1.29. The maximum Gasteiger partial charge on any atom is 0.266 e. The van der Waals surface area contributed by atoms with Crippen molar-refractivity contribution in [1.29, 1.82) is 0 Å². The molecule has 0 bridgehead atoms. The van der Waals surface area contributed by atoms with E-state index in [0.29, 0.717) is 51.3 Å². The summed E-state index contributed by atoms with van der Waals surface area (Å²) in [7, 11) is 1.61. The molecule has 2 heterocycles. The number of nitrogens with zero attached hydrogens (tertiary/aromatic N) is 4. The van der Waals surface area contributed by atoms with E-state index in [-0.39, 0.29) is 16.5 Å². The molecule has 0 saturated carbocycles. The minimum atomic E-state index is -0.442. The average Bonchev–Trinajstić information content (AvgIpc) is 2.87. The van der Waals surface area contributed by atoms with Gasteiger partial charge in [-0.1, -0.05) is 11.6 Å². The minimum absolute atomic E-state index is 0.0520. The third-order valence-electron chi connectivity index (χ3n) is 5.91. The zero-order chi connectivity index (χ0) is 24.1. The predicted molar refractivity (Wildman–Crippen MR) is 130 cm³/mol. The molecular formula is C25H26ClFN4O3. The highest BCUT2D eigenvalue weighted by Gasteiger charge is 2.21. The number of piperazine rings is 1. The Morgan fingerprint density at radius 1 is 1.06 bits per heavy atom. The number of aromatic nitrogens is 2. The summed E-state index contributed by atoms with van der Waals surface area (Å²) in [5, 5.41) is 4.55. The Labute approximate surface area is 202 Å². The molecule has 3 aromatic rings. The van der Waals surface area contributed by atoms with Gasteiger partial charge < -0.3 is 14.5 Å². The second kappa shape index (κ2) is 10.7. The first-order valence-corrected chi connectivity index (χ1v) is 11.5. The van der Waals surface area contributed by atoms with Crippen molar-refractivity contribution < 1.29 is 13.9 Å². The fraction of sp³-hybridized carbons (Fsp3) is 0.320. The molecule has 4 rings (SSSR count). The number of hydrogen-bond acceptors (Lipinski definition) is 5. The van der Waals surface area contributed by atoms with E-state index >= 15 is 0 Å². The number of aryl methyl sites for hydroxylation is 1. The Kier molecular flexibility index (Phi) is 7.47. The standard InChI is InChI=1S/C25H26ClFN4O3/c1-34-20-7-4-18(5-8-20)23-10-11-25(33)31(28-23)12-2-3-24(32)30-15-13-29(14-16-30)19-6-9-22(27)21(26)17-19/h4-11,17H,2-3,12-16H2,1H3. The molecule has 1 fully saturated rings. The summed E-state index contributed by atoms with van der Waals surface area (Å²) in [6, 6.07) is 15.3. The molecule has 2 aromatic carbocycles. The molecular weight excluding hydrogens is 459 g/mol. The smallest absolute Gasteiger partial charge is 0.266 e. The first-order chi connectivity index (χ1) is 16.4. The predicted octanol–water partition coefficient (Wildman–Crippen LogP) is 3.84. The van der Waals surface area contributed by atoms with Crippen LogP contribution in [0.3, 0.4) is 0 Å². The van der Waals surface area contributed by atoms with Crippen LogP contribution in [0.25, 0.3) is 11.3 Å². The quantitative estimate of drug-likeness (QED) is 0.509. The summed E-state index contributed by atoms with van der Waals surface area (Å²) in [4.78, 5) is 28.8. The first kappa shape index (κ1) is 23.8. The highest BCUT2D eigenvalue weighted by Crippen LogP contribution is 2.24. The van der Waals surface area contributed by atoms with Gasteiger partial charge in [-0.2, -0.15) is 5.10 Å². The molecule has 1 saturated heterocycles. The number of anilines is 1. The molecule has 9 heteroatoms. The molecule has 1 amide bonds. The fourth-order valence-corrected chi connectivity index (χ4v) is 4.13. The summed E-state index contributed by atoms with van der Waals surface area (Å²) >= 11 is 5.89. The Bertz CT molecular complexity index is 1210. The highest BCUT2D eigenvalue weighted by atomic mass is 35.5. The molecule has 1 aliphatic rings. The van der Waals surface area contributed by atoms with Crippen LogP contribution in [0.5, 0.6) is 5.75 Å². The summed E-state index contributed by atoms with van der Waals surface area (Å²) in [6.45, 7) is 2.83. The lowest BCUT2D eigenvalue weighted by Gasteiger charge is -2.36. The van der Waals surface area contributed by atoms with E-state index in [4.69, 9.17) is 16.3 Å². The largest absolute Gasteiger partial charge is 0.497 e. The molecule has 34 heavy (non-hydrogen) atoms. The molecule has 1 aliphatic heterocycles. The molecule has 0 radical (unpaired) electrons. The van der Waals surface area contributed by atoms with E-state index in [1.54, 1.807) is 25.3 Å².